The molecule has 6 nitrogen and oxygen atoms in total. The van der Waals surface area contributed by atoms with Crippen molar-refractivity contribution in [3.8, 4) is 5.19 Å². The predicted molar refractivity (Wildman–Crippen MR) is 74.5 cm³/mol. The zero-order chi connectivity index (χ0) is 13.7. The van der Waals surface area contributed by atoms with Gasteiger partial charge in [-0.1, -0.05) is 11.3 Å². The summed E-state index contributed by atoms with van der Waals surface area (Å²) < 4.78 is 5.33. The summed E-state index contributed by atoms with van der Waals surface area (Å²) in [6, 6.07) is 0. The largest absolute Gasteiger partial charge is 0.469 e. The van der Waals surface area contributed by atoms with Crippen molar-refractivity contribution >= 4 is 11.3 Å². The van der Waals surface area contributed by atoms with Crippen molar-refractivity contribution in [2.75, 3.05) is 39.3 Å². The SMILES string of the molecule is CCOc1nnc(CN2CCN(CC(C)O)CC2)s1. The minimum atomic E-state index is -0.247. The molecule has 0 aromatic carbocycles. The molecule has 19 heavy (non-hydrogen) atoms. The number of β-amino-alcohol motifs (C(OH)–C–C–N with tert-alkyl or cyclic N) is 1. The zero-order valence-electron chi connectivity index (χ0n) is 11.6. The topological polar surface area (TPSA) is 61.7 Å². The van der Waals surface area contributed by atoms with E-state index in [1.54, 1.807) is 0 Å². The lowest BCUT2D eigenvalue weighted by Crippen LogP contribution is -2.47. The Morgan fingerprint density at radius 2 is 1.95 bits per heavy atom. The smallest absolute Gasteiger partial charge is 0.294 e. The summed E-state index contributed by atoms with van der Waals surface area (Å²) in [4.78, 5) is 4.67. The van der Waals surface area contributed by atoms with Gasteiger partial charge < -0.3 is 9.84 Å². The second-order valence-corrected chi connectivity index (χ2v) is 5.85. The van der Waals surface area contributed by atoms with Gasteiger partial charge in [-0.05, 0) is 13.8 Å². The molecule has 0 radical (unpaired) electrons. The molecule has 2 rings (SSSR count). The Morgan fingerprint density at radius 1 is 1.26 bits per heavy atom. The van der Waals surface area contributed by atoms with E-state index in [0.29, 0.717) is 11.8 Å². The molecular formula is C12H22N4O2S. The Labute approximate surface area is 118 Å². The summed E-state index contributed by atoms with van der Waals surface area (Å²) in [5.74, 6) is 0. The molecule has 0 saturated carbocycles. The van der Waals surface area contributed by atoms with Crippen LogP contribution in [0, 0.1) is 0 Å². The average molecular weight is 286 g/mol. The first kappa shape index (κ1) is 14.6. The maximum atomic E-state index is 9.37. The first-order chi connectivity index (χ1) is 9.17. The van der Waals surface area contributed by atoms with Gasteiger partial charge in [0.25, 0.3) is 5.19 Å². The Bertz CT molecular complexity index is 378. The molecule has 7 heteroatoms. The van der Waals surface area contributed by atoms with E-state index in [2.05, 4.69) is 20.0 Å². The fourth-order valence-corrected chi connectivity index (χ4v) is 2.97. The van der Waals surface area contributed by atoms with E-state index in [0.717, 1.165) is 44.3 Å². The standard InChI is InChI=1S/C12H22N4O2S/c1-3-18-12-14-13-11(19-12)9-16-6-4-15(5-7-16)8-10(2)17/h10,17H,3-9H2,1-2H3. The Morgan fingerprint density at radius 3 is 2.58 bits per heavy atom. The lowest BCUT2D eigenvalue weighted by molar-refractivity contribution is 0.0780. The number of aromatic nitrogens is 2. The molecule has 0 bridgehead atoms. The van der Waals surface area contributed by atoms with Gasteiger partial charge in [0.05, 0.1) is 19.3 Å². The van der Waals surface area contributed by atoms with Crippen molar-refractivity contribution in [3.63, 3.8) is 0 Å². The van der Waals surface area contributed by atoms with Crippen LogP contribution in [0.5, 0.6) is 5.19 Å². The number of piperazine rings is 1. The normalized spacial score (nSPS) is 19.5. The maximum absolute atomic E-state index is 9.37. The van der Waals surface area contributed by atoms with Gasteiger partial charge in [-0.3, -0.25) is 9.80 Å². The fraction of sp³-hybridized carbons (Fsp3) is 0.833. The molecular weight excluding hydrogens is 264 g/mol. The molecule has 0 aliphatic carbocycles. The Kier molecular flexibility index (Phi) is 5.50. The van der Waals surface area contributed by atoms with Crippen LogP contribution >= 0.6 is 11.3 Å². The minimum Gasteiger partial charge on any atom is -0.469 e. The van der Waals surface area contributed by atoms with Crippen LogP contribution in [0.25, 0.3) is 0 Å². The van der Waals surface area contributed by atoms with Gasteiger partial charge in [0, 0.05) is 32.7 Å². The van der Waals surface area contributed by atoms with E-state index < -0.39 is 0 Å². The van der Waals surface area contributed by atoms with E-state index in [1.807, 2.05) is 13.8 Å². The van der Waals surface area contributed by atoms with Gasteiger partial charge >= 0.3 is 0 Å². The molecule has 1 aliphatic rings. The van der Waals surface area contributed by atoms with E-state index >= 15 is 0 Å². The lowest BCUT2D eigenvalue weighted by Gasteiger charge is -2.34. The summed E-state index contributed by atoms with van der Waals surface area (Å²) in [6.45, 7) is 10.0. The van der Waals surface area contributed by atoms with Gasteiger partial charge in [-0.2, -0.15) is 0 Å². The van der Waals surface area contributed by atoms with Gasteiger partial charge in [-0.25, -0.2) is 0 Å². The van der Waals surface area contributed by atoms with Crippen LogP contribution in [0.1, 0.15) is 18.9 Å². The third-order valence-electron chi connectivity index (χ3n) is 3.06. The van der Waals surface area contributed by atoms with Gasteiger partial charge in [0.2, 0.25) is 0 Å². The van der Waals surface area contributed by atoms with Crippen molar-refractivity contribution in [1.82, 2.24) is 20.0 Å². The van der Waals surface area contributed by atoms with Crippen LogP contribution in [0.3, 0.4) is 0 Å². The number of ether oxygens (including phenoxy) is 1. The third kappa shape index (κ3) is 4.68. The second-order valence-electron chi connectivity index (χ2n) is 4.82. The van der Waals surface area contributed by atoms with E-state index in [-0.39, 0.29) is 6.10 Å². The minimum absolute atomic E-state index is 0.247. The fourth-order valence-electron chi connectivity index (χ4n) is 2.18. The molecule has 1 N–H and O–H groups in total. The number of aliphatic hydroxyl groups excluding tert-OH is 1. The molecule has 108 valence electrons. The Hall–Kier alpha value is -0.760. The number of nitrogens with zero attached hydrogens (tertiary/aromatic N) is 4. The van der Waals surface area contributed by atoms with Crippen molar-refractivity contribution < 1.29 is 9.84 Å². The highest BCUT2D eigenvalue weighted by Gasteiger charge is 2.19. The molecule has 0 amide bonds. The van der Waals surface area contributed by atoms with Gasteiger partial charge in [0.15, 0.2) is 0 Å². The van der Waals surface area contributed by atoms with Crippen LogP contribution < -0.4 is 4.74 Å². The lowest BCUT2D eigenvalue weighted by atomic mass is 10.3. The summed E-state index contributed by atoms with van der Waals surface area (Å²) in [7, 11) is 0. The molecule has 1 fully saturated rings. The van der Waals surface area contributed by atoms with Crippen molar-refractivity contribution in [3.05, 3.63) is 5.01 Å². The third-order valence-corrected chi connectivity index (χ3v) is 3.88. The van der Waals surface area contributed by atoms with E-state index in [4.69, 9.17) is 4.74 Å². The van der Waals surface area contributed by atoms with Gasteiger partial charge in [0.1, 0.15) is 5.01 Å². The van der Waals surface area contributed by atoms with Gasteiger partial charge in [-0.15, -0.1) is 10.2 Å². The molecule has 1 saturated heterocycles. The van der Waals surface area contributed by atoms with Crippen molar-refractivity contribution in [1.29, 1.82) is 0 Å². The number of hydrogen-bond acceptors (Lipinski definition) is 7. The number of aliphatic hydroxyl groups is 1. The highest BCUT2D eigenvalue weighted by atomic mass is 32.1. The molecule has 1 aliphatic heterocycles. The molecule has 1 aromatic heterocycles. The maximum Gasteiger partial charge on any atom is 0.294 e. The van der Waals surface area contributed by atoms with Crippen LogP contribution in [0.4, 0.5) is 0 Å². The van der Waals surface area contributed by atoms with E-state index in [9.17, 15) is 5.11 Å². The van der Waals surface area contributed by atoms with Crippen molar-refractivity contribution in [2.24, 2.45) is 0 Å². The highest BCUT2D eigenvalue weighted by molar-refractivity contribution is 7.13. The second kappa shape index (κ2) is 7.14. The van der Waals surface area contributed by atoms with Crippen LogP contribution in [0.2, 0.25) is 0 Å². The summed E-state index contributed by atoms with van der Waals surface area (Å²) in [5.41, 5.74) is 0. The number of hydrogen-bond donors (Lipinski definition) is 1. The van der Waals surface area contributed by atoms with Crippen LogP contribution in [-0.4, -0.2) is 70.5 Å². The summed E-state index contributed by atoms with van der Waals surface area (Å²) in [6.07, 6.45) is -0.247. The number of rotatable bonds is 6. The molecule has 2 heterocycles. The van der Waals surface area contributed by atoms with E-state index in [1.165, 1.54) is 11.3 Å². The Balaban J connectivity index is 1.75. The molecule has 0 spiro atoms. The molecule has 1 unspecified atom stereocenters. The molecule has 1 aromatic rings. The van der Waals surface area contributed by atoms with Crippen molar-refractivity contribution in [2.45, 2.75) is 26.5 Å². The summed E-state index contributed by atoms with van der Waals surface area (Å²) >= 11 is 1.52. The zero-order valence-corrected chi connectivity index (χ0v) is 12.4. The van der Waals surface area contributed by atoms with Crippen LogP contribution in [0.15, 0.2) is 0 Å². The highest BCUT2D eigenvalue weighted by Crippen LogP contribution is 2.19. The monoisotopic (exact) mass is 286 g/mol. The molecule has 1 atom stereocenters. The first-order valence-electron chi connectivity index (χ1n) is 6.75. The first-order valence-corrected chi connectivity index (χ1v) is 7.57. The summed E-state index contributed by atoms with van der Waals surface area (Å²) in [5, 5.41) is 19.2. The van der Waals surface area contributed by atoms with Crippen LogP contribution in [-0.2, 0) is 6.54 Å². The quantitative estimate of drug-likeness (QED) is 0.818. The predicted octanol–water partition coefficient (Wildman–Crippen LogP) is 0.435. The average Bonchev–Trinajstić information content (AvgIpc) is 2.79.